The molecule has 0 bridgehead atoms. The van der Waals surface area contributed by atoms with Gasteiger partial charge in [-0.3, -0.25) is 4.79 Å². The Labute approximate surface area is 171 Å². The first kappa shape index (κ1) is 22.0. The minimum atomic E-state index is -4.47. The van der Waals surface area contributed by atoms with E-state index in [0.29, 0.717) is 24.7 Å². The number of halogens is 3. The molecule has 2 heterocycles. The van der Waals surface area contributed by atoms with Crippen LogP contribution in [0.1, 0.15) is 25.3 Å². The first-order valence-corrected chi connectivity index (χ1v) is 10.6. The lowest BCUT2D eigenvalue weighted by Crippen LogP contribution is -2.41. The van der Waals surface area contributed by atoms with E-state index in [-0.39, 0.29) is 35.9 Å². The van der Waals surface area contributed by atoms with Crippen LogP contribution in [0, 0.1) is 0 Å². The minimum Gasteiger partial charge on any atom is -0.474 e. The Kier molecular flexibility index (Phi) is 6.32. The highest BCUT2D eigenvalue weighted by Crippen LogP contribution is 2.30. The number of nitrogens with one attached hydrogen (secondary N) is 1. The molecule has 0 radical (unpaired) electrons. The molecule has 2 aromatic rings. The third-order valence-electron chi connectivity index (χ3n) is 4.56. The van der Waals surface area contributed by atoms with Crippen molar-refractivity contribution in [1.29, 1.82) is 0 Å². The molecule has 7 nitrogen and oxygen atoms in total. The van der Waals surface area contributed by atoms with E-state index in [4.69, 9.17) is 4.74 Å². The molecule has 0 spiro atoms. The summed E-state index contributed by atoms with van der Waals surface area (Å²) in [6, 6.07) is 7.93. The highest BCUT2D eigenvalue weighted by molar-refractivity contribution is 7.89. The van der Waals surface area contributed by atoms with Crippen molar-refractivity contribution < 1.29 is 31.1 Å². The van der Waals surface area contributed by atoms with Crippen molar-refractivity contribution in [2.45, 2.75) is 36.9 Å². The number of aromatic nitrogens is 1. The topological polar surface area (TPSA) is 88.6 Å². The maximum atomic E-state index is 12.8. The molecule has 0 saturated carbocycles. The summed E-state index contributed by atoms with van der Waals surface area (Å²) in [5, 5.41) is 2.57. The lowest BCUT2D eigenvalue weighted by atomic mass is 10.1. The fourth-order valence-electron chi connectivity index (χ4n) is 3.04. The predicted molar refractivity (Wildman–Crippen MR) is 102 cm³/mol. The van der Waals surface area contributed by atoms with Crippen LogP contribution in [0.3, 0.4) is 0 Å². The fourth-order valence-corrected chi connectivity index (χ4v) is 4.51. The zero-order chi connectivity index (χ0) is 21.9. The third-order valence-corrected chi connectivity index (χ3v) is 6.48. The van der Waals surface area contributed by atoms with E-state index in [1.807, 2.05) is 0 Å². The van der Waals surface area contributed by atoms with Gasteiger partial charge in [-0.05, 0) is 43.2 Å². The van der Waals surface area contributed by atoms with Crippen LogP contribution in [0.2, 0.25) is 0 Å². The molecule has 0 aliphatic carbocycles. The molecule has 1 aliphatic rings. The van der Waals surface area contributed by atoms with Crippen LogP contribution in [0.4, 0.5) is 18.9 Å². The Bertz CT molecular complexity index is 985. The number of piperidine rings is 1. The molecule has 30 heavy (non-hydrogen) atoms. The number of rotatable bonds is 5. The maximum Gasteiger partial charge on any atom is 0.417 e. The average molecular weight is 443 g/mol. The summed E-state index contributed by atoms with van der Waals surface area (Å²) in [5.74, 6) is -0.187. The molecular weight excluding hydrogens is 423 g/mol. The van der Waals surface area contributed by atoms with Crippen LogP contribution in [-0.2, 0) is 21.0 Å². The number of pyridine rings is 1. The molecule has 1 aromatic heterocycles. The number of sulfonamides is 1. The van der Waals surface area contributed by atoms with Gasteiger partial charge in [-0.25, -0.2) is 13.4 Å². The van der Waals surface area contributed by atoms with Crippen molar-refractivity contribution >= 4 is 21.6 Å². The number of hydrogen-bond acceptors (Lipinski definition) is 5. The molecule has 1 aromatic carbocycles. The van der Waals surface area contributed by atoms with E-state index in [1.165, 1.54) is 35.5 Å². The number of carbonyl (C=O) groups is 1. The number of benzene rings is 1. The normalized spacial score (nSPS) is 16.3. The van der Waals surface area contributed by atoms with Gasteiger partial charge >= 0.3 is 6.18 Å². The van der Waals surface area contributed by atoms with Crippen molar-refractivity contribution in [3.05, 3.63) is 48.2 Å². The molecule has 1 amide bonds. The fraction of sp³-hybridized carbons (Fsp3) is 0.368. The smallest absolute Gasteiger partial charge is 0.417 e. The van der Waals surface area contributed by atoms with Gasteiger partial charge in [-0.2, -0.15) is 17.5 Å². The van der Waals surface area contributed by atoms with Gasteiger partial charge in [0.2, 0.25) is 21.8 Å². The first-order chi connectivity index (χ1) is 14.1. The molecule has 11 heteroatoms. The number of hydrogen-bond donors (Lipinski definition) is 1. The quantitative estimate of drug-likeness (QED) is 0.766. The van der Waals surface area contributed by atoms with Gasteiger partial charge in [0.15, 0.2) is 0 Å². The van der Waals surface area contributed by atoms with E-state index in [2.05, 4.69) is 10.3 Å². The SMILES string of the molecule is CC(=O)Nc1ccc(S(=O)(=O)N2CCC(Oc3ccc(C(F)(F)F)cn3)CC2)cc1. The second-order valence-electron chi connectivity index (χ2n) is 6.81. The summed E-state index contributed by atoms with van der Waals surface area (Å²) < 4.78 is 70.3. The van der Waals surface area contributed by atoms with Crippen LogP contribution in [0.5, 0.6) is 5.88 Å². The highest BCUT2D eigenvalue weighted by Gasteiger charge is 2.32. The molecular formula is C19H20F3N3O4S. The molecule has 1 aliphatic heterocycles. The van der Waals surface area contributed by atoms with Crippen LogP contribution in [-0.4, -0.2) is 42.8 Å². The summed E-state index contributed by atoms with van der Waals surface area (Å²) in [6.07, 6.45) is -3.34. The molecule has 1 N–H and O–H groups in total. The summed E-state index contributed by atoms with van der Waals surface area (Å²) in [5.41, 5.74) is -0.363. The molecule has 0 unspecified atom stereocenters. The number of alkyl halides is 3. The van der Waals surface area contributed by atoms with Crippen molar-refractivity contribution in [1.82, 2.24) is 9.29 Å². The molecule has 3 rings (SSSR count). The number of carbonyl (C=O) groups excluding carboxylic acids is 1. The Hall–Kier alpha value is -2.66. The average Bonchev–Trinajstić information content (AvgIpc) is 2.68. The lowest BCUT2D eigenvalue weighted by molar-refractivity contribution is -0.137. The van der Waals surface area contributed by atoms with Gasteiger partial charge in [0.1, 0.15) is 6.10 Å². The zero-order valence-electron chi connectivity index (χ0n) is 16.0. The largest absolute Gasteiger partial charge is 0.474 e. The molecule has 0 atom stereocenters. The first-order valence-electron chi connectivity index (χ1n) is 9.13. The van der Waals surface area contributed by atoms with Crippen molar-refractivity contribution in [2.24, 2.45) is 0 Å². The minimum absolute atomic E-state index is 0.0675. The van der Waals surface area contributed by atoms with Crippen LogP contribution < -0.4 is 10.1 Å². The number of nitrogens with zero attached hydrogens (tertiary/aromatic N) is 2. The Morgan fingerprint density at radius 2 is 1.77 bits per heavy atom. The Balaban J connectivity index is 1.58. The van der Waals surface area contributed by atoms with Gasteiger partial charge in [-0.15, -0.1) is 0 Å². The van der Waals surface area contributed by atoms with Crippen LogP contribution in [0.25, 0.3) is 0 Å². The van der Waals surface area contributed by atoms with Crippen LogP contribution >= 0.6 is 0 Å². The van der Waals surface area contributed by atoms with Gasteiger partial charge in [0.05, 0.1) is 10.5 Å². The highest BCUT2D eigenvalue weighted by atomic mass is 32.2. The Morgan fingerprint density at radius 1 is 1.13 bits per heavy atom. The van der Waals surface area contributed by atoms with E-state index in [9.17, 15) is 26.4 Å². The van der Waals surface area contributed by atoms with Gasteiger partial charge in [-0.1, -0.05) is 0 Å². The second kappa shape index (κ2) is 8.60. The standard InChI is InChI=1S/C19H20F3N3O4S/c1-13(26)24-15-3-5-17(6-4-15)30(27,28)25-10-8-16(9-11-25)29-18-7-2-14(12-23-18)19(20,21)22/h2-7,12,16H,8-11H2,1H3,(H,24,26). The monoisotopic (exact) mass is 443 g/mol. The van der Waals surface area contributed by atoms with Crippen molar-refractivity contribution in [3.8, 4) is 5.88 Å². The van der Waals surface area contributed by atoms with E-state index in [1.54, 1.807) is 0 Å². The van der Waals surface area contributed by atoms with Gasteiger partial charge < -0.3 is 10.1 Å². The van der Waals surface area contributed by atoms with E-state index >= 15 is 0 Å². The van der Waals surface area contributed by atoms with Crippen LogP contribution in [0.15, 0.2) is 47.5 Å². The predicted octanol–water partition coefficient (Wildman–Crippen LogP) is 3.29. The summed E-state index contributed by atoms with van der Waals surface area (Å²) >= 11 is 0. The Morgan fingerprint density at radius 3 is 2.27 bits per heavy atom. The lowest BCUT2D eigenvalue weighted by Gasteiger charge is -2.31. The maximum absolute atomic E-state index is 12.8. The molecule has 162 valence electrons. The summed E-state index contributed by atoms with van der Waals surface area (Å²) in [6.45, 7) is 1.78. The molecule has 1 saturated heterocycles. The van der Waals surface area contributed by atoms with E-state index in [0.717, 1.165) is 12.1 Å². The van der Waals surface area contributed by atoms with Crippen molar-refractivity contribution in [3.63, 3.8) is 0 Å². The van der Waals surface area contributed by atoms with Gasteiger partial charge in [0, 0.05) is 38.0 Å². The van der Waals surface area contributed by atoms with Gasteiger partial charge in [0.25, 0.3) is 0 Å². The summed E-state index contributed by atoms with van der Waals surface area (Å²) in [7, 11) is -3.70. The number of amides is 1. The second-order valence-corrected chi connectivity index (χ2v) is 8.75. The zero-order valence-corrected chi connectivity index (χ0v) is 16.8. The molecule has 1 fully saturated rings. The number of ether oxygens (including phenoxy) is 1. The van der Waals surface area contributed by atoms with Crippen molar-refractivity contribution in [2.75, 3.05) is 18.4 Å². The van der Waals surface area contributed by atoms with E-state index < -0.39 is 21.8 Å². The summed E-state index contributed by atoms with van der Waals surface area (Å²) in [4.78, 5) is 14.9. The third kappa shape index (κ3) is 5.28. The number of anilines is 1.